The third-order valence-corrected chi connectivity index (χ3v) is 3.20. The molecule has 17 heavy (non-hydrogen) atoms. The first kappa shape index (κ1) is 14.1. The second kappa shape index (κ2) is 7.35. The summed E-state index contributed by atoms with van der Waals surface area (Å²) in [7, 11) is 0. The molecule has 0 aliphatic heterocycles. The van der Waals surface area contributed by atoms with Crippen LogP contribution in [0.25, 0.3) is 0 Å². The van der Waals surface area contributed by atoms with Crippen molar-refractivity contribution in [2.75, 3.05) is 13.2 Å². The Bertz CT molecular complexity index is 368. The van der Waals surface area contributed by atoms with Gasteiger partial charge < -0.3 is 10.4 Å². The molecule has 1 aromatic rings. The maximum atomic E-state index is 11.9. The Kier molecular flexibility index (Phi) is 6.08. The molecule has 0 aromatic heterocycles. The summed E-state index contributed by atoms with van der Waals surface area (Å²) in [6, 6.07) is 7.22. The fourth-order valence-corrected chi connectivity index (χ4v) is 1.89. The summed E-state index contributed by atoms with van der Waals surface area (Å²) in [4.78, 5) is 12.5. The number of amides is 1. The van der Waals surface area contributed by atoms with Crippen molar-refractivity contribution in [3.05, 3.63) is 29.8 Å². The number of carbonyl (C=O) groups is 1. The molecular formula is C13H19NO2S. The number of rotatable bonds is 6. The zero-order valence-corrected chi connectivity index (χ0v) is 10.9. The van der Waals surface area contributed by atoms with Gasteiger partial charge in [0.25, 0.3) is 5.91 Å². The van der Waals surface area contributed by atoms with E-state index < -0.39 is 0 Å². The van der Waals surface area contributed by atoms with Crippen LogP contribution < -0.4 is 5.32 Å². The Hall–Kier alpha value is -1.00. The molecule has 0 radical (unpaired) electrons. The van der Waals surface area contributed by atoms with Gasteiger partial charge in [-0.05, 0) is 24.5 Å². The van der Waals surface area contributed by atoms with E-state index in [4.69, 9.17) is 5.11 Å². The van der Waals surface area contributed by atoms with Crippen molar-refractivity contribution >= 4 is 18.5 Å². The molecule has 1 unspecified atom stereocenters. The van der Waals surface area contributed by atoms with E-state index in [9.17, 15) is 4.79 Å². The third kappa shape index (κ3) is 4.40. The third-order valence-electron chi connectivity index (χ3n) is 2.81. The average molecular weight is 253 g/mol. The number of benzene rings is 1. The largest absolute Gasteiger partial charge is 0.396 e. The van der Waals surface area contributed by atoms with Crippen LogP contribution in [-0.2, 0) is 0 Å². The van der Waals surface area contributed by atoms with Crippen molar-refractivity contribution in [3.8, 4) is 0 Å². The van der Waals surface area contributed by atoms with E-state index in [-0.39, 0.29) is 12.5 Å². The summed E-state index contributed by atoms with van der Waals surface area (Å²) < 4.78 is 0. The van der Waals surface area contributed by atoms with Crippen LogP contribution in [0.3, 0.4) is 0 Å². The number of thiol groups is 1. The van der Waals surface area contributed by atoms with Gasteiger partial charge in [-0.25, -0.2) is 0 Å². The molecule has 0 saturated carbocycles. The highest BCUT2D eigenvalue weighted by atomic mass is 32.1. The monoisotopic (exact) mass is 253 g/mol. The Labute approximate surface area is 108 Å². The van der Waals surface area contributed by atoms with E-state index in [1.807, 2.05) is 12.1 Å². The summed E-state index contributed by atoms with van der Waals surface area (Å²) in [6.45, 7) is 2.81. The molecular weight excluding hydrogens is 234 g/mol. The Morgan fingerprint density at radius 2 is 2.18 bits per heavy atom. The van der Waals surface area contributed by atoms with Crippen molar-refractivity contribution in [1.82, 2.24) is 5.32 Å². The van der Waals surface area contributed by atoms with Crippen molar-refractivity contribution < 1.29 is 9.90 Å². The second-order valence-corrected chi connectivity index (χ2v) is 4.50. The molecule has 1 aromatic carbocycles. The molecule has 0 saturated heterocycles. The van der Waals surface area contributed by atoms with E-state index in [1.165, 1.54) is 0 Å². The van der Waals surface area contributed by atoms with Crippen LogP contribution in [0.1, 0.15) is 30.1 Å². The van der Waals surface area contributed by atoms with Gasteiger partial charge in [0.2, 0.25) is 0 Å². The van der Waals surface area contributed by atoms with Gasteiger partial charge in [-0.1, -0.05) is 25.5 Å². The van der Waals surface area contributed by atoms with E-state index in [0.29, 0.717) is 22.9 Å². The van der Waals surface area contributed by atoms with Crippen LogP contribution >= 0.6 is 12.6 Å². The maximum absolute atomic E-state index is 11.9. The zero-order chi connectivity index (χ0) is 12.7. The van der Waals surface area contributed by atoms with Gasteiger partial charge in [-0.2, -0.15) is 0 Å². The standard InChI is InChI=1S/C13H19NO2S/c1-2-10(7-8-15)9-14-13(16)11-5-3-4-6-12(11)17/h3-6,10,15,17H,2,7-9H2,1H3,(H,14,16). The second-order valence-electron chi connectivity index (χ2n) is 4.01. The molecule has 1 rings (SSSR count). The highest BCUT2D eigenvalue weighted by Gasteiger charge is 2.11. The van der Waals surface area contributed by atoms with Gasteiger partial charge >= 0.3 is 0 Å². The van der Waals surface area contributed by atoms with Gasteiger partial charge in [0.1, 0.15) is 0 Å². The van der Waals surface area contributed by atoms with Crippen LogP contribution in [0.2, 0.25) is 0 Å². The molecule has 3 nitrogen and oxygen atoms in total. The van der Waals surface area contributed by atoms with E-state index in [1.54, 1.807) is 12.1 Å². The highest BCUT2D eigenvalue weighted by Crippen LogP contribution is 2.13. The number of nitrogens with one attached hydrogen (secondary N) is 1. The fraction of sp³-hybridized carbons (Fsp3) is 0.462. The van der Waals surface area contributed by atoms with Crippen molar-refractivity contribution in [2.45, 2.75) is 24.7 Å². The molecule has 0 heterocycles. The quantitative estimate of drug-likeness (QED) is 0.680. The normalized spacial score (nSPS) is 12.2. The Morgan fingerprint density at radius 3 is 2.76 bits per heavy atom. The lowest BCUT2D eigenvalue weighted by Crippen LogP contribution is -2.29. The summed E-state index contributed by atoms with van der Waals surface area (Å²) in [6.07, 6.45) is 1.67. The highest BCUT2D eigenvalue weighted by molar-refractivity contribution is 7.80. The van der Waals surface area contributed by atoms with Gasteiger partial charge in [0.05, 0.1) is 5.56 Å². The predicted octanol–water partition coefficient (Wildman–Crippen LogP) is 2.11. The van der Waals surface area contributed by atoms with Crippen molar-refractivity contribution in [3.63, 3.8) is 0 Å². The summed E-state index contributed by atoms with van der Waals surface area (Å²) >= 11 is 4.25. The minimum atomic E-state index is -0.105. The maximum Gasteiger partial charge on any atom is 0.252 e. The summed E-state index contributed by atoms with van der Waals surface area (Å²) in [5, 5.41) is 11.7. The molecule has 0 fully saturated rings. The molecule has 2 N–H and O–H groups in total. The van der Waals surface area contributed by atoms with Crippen LogP contribution in [0, 0.1) is 5.92 Å². The first-order valence-corrected chi connectivity index (χ1v) is 6.30. The van der Waals surface area contributed by atoms with Crippen LogP contribution in [-0.4, -0.2) is 24.2 Å². The number of hydrogen-bond acceptors (Lipinski definition) is 3. The van der Waals surface area contributed by atoms with E-state index in [0.717, 1.165) is 12.8 Å². The first-order chi connectivity index (χ1) is 8.19. The topological polar surface area (TPSA) is 49.3 Å². The fourth-order valence-electron chi connectivity index (χ4n) is 1.63. The van der Waals surface area contributed by atoms with Gasteiger partial charge in [-0.3, -0.25) is 4.79 Å². The zero-order valence-electron chi connectivity index (χ0n) is 10.0. The van der Waals surface area contributed by atoms with E-state index >= 15 is 0 Å². The van der Waals surface area contributed by atoms with Gasteiger partial charge in [-0.15, -0.1) is 12.6 Å². The molecule has 0 bridgehead atoms. The molecule has 94 valence electrons. The SMILES string of the molecule is CCC(CCO)CNC(=O)c1ccccc1S. The van der Waals surface area contributed by atoms with Gasteiger partial charge in [0.15, 0.2) is 0 Å². The molecule has 1 amide bonds. The van der Waals surface area contributed by atoms with E-state index in [2.05, 4.69) is 24.9 Å². The van der Waals surface area contributed by atoms with Gasteiger partial charge in [0, 0.05) is 18.0 Å². The minimum absolute atomic E-state index is 0.105. The molecule has 4 heteroatoms. The van der Waals surface area contributed by atoms with Crippen molar-refractivity contribution in [1.29, 1.82) is 0 Å². The number of aliphatic hydroxyl groups excluding tert-OH is 1. The predicted molar refractivity (Wildman–Crippen MR) is 71.5 cm³/mol. The minimum Gasteiger partial charge on any atom is -0.396 e. The summed E-state index contributed by atoms with van der Waals surface area (Å²) in [5.74, 6) is 0.225. The smallest absolute Gasteiger partial charge is 0.252 e. The first-order valence-electron chi connectivity index (χ1n) is 5.86. The lowest BCUT2D eigenvalue weighted by Gasteiger charge is -2.14. The Balaban J connectivity index is 2.52. The molecule has 0 aliphatic rings. The lowest BCUT2D eigenvalue weighted by atomic mass is 10.0. The molecule has 0 spiro atoms. The number of hydrogen-bond donors (Lipinski definition) is 3. The van der Waals surface area contributed by atoms with Crippen LogP contribution in [0.15, 0.2) is 29.2 Å². The molecule has 1 atom stereocenters. The van der Waals surface area contributed by atoms with Crippen molar-refractivity contribution in [2.24, 2.45) is 5.92 Å². The number of aliphatic hydroxyl groups is 1. The number of carbonyl (C=O) groups excluding carboxylic acids is 1. The summed E-state index contributed by atoms with van der Waals surface area (Å²) in [5.41, 5.74) is 0.592. The Morgan fingerprint density at radius 1 is 1.47 bits per heavy atom. The average Bonchev–Trinajstić information content (AvgIpc) is 2.34. The molecule has 0 aliphatic carbocycles. The van der Waals surface area contributed by atoms with Crippen LogP contribution in [0.5, 0.6) is 0 Å². The van der Waals surface area contributed by atoms with Crippen LogP contribution in [0.4, 0.5) is 0 Å². The lowest BCUT2D eigenvalue weighted by molar-refractivity contribution is 0.0940.